The van der Waals surface area contributed by atoms with Crippen LogP contribution in [0.15, 0.2) is 41.3 Å². The van der Waals surface area contributed by atoms with E-state index in [9.17, 15) is 28.0 Å². The Hall–Kier alpha value is -3.51. The zero-order valence-corrected chi connectivity index (χ0v) is 19.1. The van der Waals surface area contributed by atoms with Gasteiger partial charge < -0.3 is 25.8 Å². The third-order valence-electron chi connectivity index (χ3n) is 5.81. The minimum absolute atomic E-state index is 0.0797. The molecule has 4 N–H and O–H groups in total. The Labute approximate surface area is 202 Å². The van der Waals surface area contributed by atoms with Gasteiger partial charge >= 0.3 is 5.97 Å². The van der Waals surface area contributed by atoms with E-state index in [0.717, 1.165) is 6.20 Å². The largest absolute Gasteiger partial charge is 0.433 e. The highest BCUT2D eigenvalue weighted by molar-refractivity contribution is 6.33. The van der Waals surface area contributed by atoms with E-state index >= 15 is 0 Å². The Morgan fingerprint density at radius 1 is 1.31 bits per heavy atom. The van der Waals surface area contributed by atoms with Crippen molar-refractivity contribution in [1.29, 1.82) is 0 Å². The smallest absolute Gasteiger partial charge is 0.310 e. The van der Waals surface area contributed by atoms with Gasteiger partial charge in [-0.15, -0.1) is 0 Å². The van der Waals surface area contributed by atoms with Crippen molar-refractivity contribution >= 4 is 40.8 Å². The van der Waals surface area contributed by atoms with Gasteiger partial charge in [-0.05, 0) is 37.3 Å². The summed E-state index contributed by atoms with van der Waals surface area (Å²) in [6.07, 6.45) is -1.31. The molecular weight excluding hydrogens is 490 g/mol. The highest BCUT2D eigenvalue weighted by atomic mass is 35.5. The number of rotatable bonds is 7. The Balaban J connectivity index is 1.61. The van der Waals surface area contributed by atoms with Crippen LogP contribution in [0.5, 0.6) is 0 Å². The van der Waals surface area contributed by atoms with Crippen molar-refractivity contribution in [2.24, 2.45) is 0 Å². The number of alkyl halides is 2. The van der Waals surface area contributed by atoms with Gasteiger partial charge in [0.05, 0.1) is 23.6 Å². The second kappa shape index (κ2) is 8.93. The molecule has 186 valence electrons. The molecule has 4 rings (SSSR count). The van der Waals surface area contributed by atoms with Crippen LogP contribution in [0, 0.1) is 0 Å². The highest BCUT2D eigenvalue weighted by Gasteiger charge is 2.78. The molecule has 1 aliphatic heterocycles. The zero-order valence-electron chi connectivity index (χ0n) is 18.3. The van der Waals surface area contributed by atoms with E-state index in [2.05, 4.69) is 10.6 Å². The summed E-state index contributed by atoms with van der Waals surface area (Å²) in [5.74, 6) is -6.12. The van der Waals surface area contributed by atoms with Crippen molar-refractivity contribution in [2.75, 3.05) is 17.7 Å². The molecule has 1 unspecified atom stereocenters. The molecule has 0 bridgehead atoms. The van der Waals surface area contributed by atoms with Crippen LogP contribution < -0.4 is 21.9 Å². The van der Waals surface area contributed by atoms with Crippen LogP contribution in [0.2, 0.25) is 5.02 Å². The molecule has 2 aromatic rings. The summed E-state index contributed by atoms with van der Waals surface area (Å²) < 4.78 is 40.1. The standard InChI is InChI=1S/C22H21ClF2N4O6/c1-2-34-19-15(9-16(30)35-19)28-20(33)21(10-22(21,24)25)29-7-3-4-14(18(29)32)27-17(31)11-5-6-13(26)12(23)8-11/h3-8,15,19H,2,9-10,26H2,1H3,(H,27,31)(H,28,33)/t15-,19-,21?/m0/s1. The van der Waals surface area contributed by atoms with Crippen LogP contribution in [0.3, 0.4) is 0 Å². The number of pyridine rings is 1. The molecule has 0 spiro atoms. The lowest BCUT2D eigenvalue weighted by Gasteiger charge is -2.24. The lowest BCUT2D eigenvalue weighted by atomic mass is 10.1. The first-order valence-corrected chi connectivity index (χ1v) is 11.0. The zero-order chi connectivity index (χ0) is 25.5. The van der Waals surface area contributed by atoms with Crippen molar-refractivity contribution in [2.45, 2.75) is 43.6 Å². The SMILES string of the molecule is CCO[C@H]1OC(=O)C[C@@H]1NC(=O)C1(n2cccc(NC(=O)c3ccc(N)c(Cl)c3)c2=O)CC1(F)F. The Kier molecular flexibility index (Phi) is 6.28. The summed E-state index contributed by atoms with van der Waals surface area (Å²) in [5, 5.41) is 4.83. The van der Waals surface area contributed by atoms with Gasteiger partial charge in [0.2, 0.25) is 6.29 Å². The number of aromatic nitrogens is 1. The van der Waals surface area contributed by atoms with Crippen molar-refractivity contribution in [3.63, 3.8) is 0 Å². The van der Waals surface area contributed by atoms with Gasteiger partial charge in [0.15, 0.2) is 5.54 Å². The van der Waals surface area contributed by atoms with Crippen LogP contribution in [-0.2, 0) is 24.6 Å². The average molecular weight is 511 g/mol. The molecule has 2 fully saturated rings. The molecular formula is C22H21ClF2N4O6. The molecule has 0 radical (unpaired) electrons. The van der Waals surface area contributed by atoms with Crippen molar-refractivity contribution in [1.82, 2.24) is 9.88 Å². The number of nitrogen functional groups attached to an aromatic ring is 1. The maximum absolute atomic E-state index is 14.6. The molecule has 10 nitrogen and oxygen atoms in total. The molecule has 2 heterocycles. The van der Waals surface area contributed by atoms with Gasteiger partial charge in [0.25, 0.3) is 23.3 Å². The second-order valence-electron chi connectivity index (χ2n) is 8.13. The molecule has 1 saturated carbocycles. The number of cyclic esters (lactones) is 1. The summed E-state index contributed by atoms with van der Waals surface area (Å²) in [6, 6.07) is 5.53. The van der Waals surface area contributed by atoms with Crippen molar-refractivity contribution in [3.05, 3.63) is 57.5 Å². The number of benzene rings is 1. The number of carbonyl (C=O) groups is 3. The number of hydrogen-bond acceptors (Lipinski definition) is 7. The van der Waals surface area contributed by atoms with Gasteiger partial charge in [-0.2, -0.15) is 0 Å². The minimum Gasteiger partial charge on any atom is -0.433 e. The number of anilines is 2. The number of carbonyl (C=O) groups excluding carboxylic acids is 3. The van der Waals surface area contributed by atoms with Crippen LogP contribution in [-0.4, -0.2) is 47.2 Å². The van der Waals surface area contributed by atoms with Crippen LogP contribution in [0.1, 0.15) is 30.1 Å². The first kappa shape index (κ1) is 24.6. The molecule has 1 saturated heterocycles. The van der Waals surface area contributed by atoms with Gasteiger partial charge in [-0.1, -0.05) is 11.6 Å². The fourth-order valence-corrected chi connectivity index (χ4v) is 4.08. The molecule has 2 aliphatic rings. The number of halogens is 3. The van der Waals surface area contributed by atoms with E-state index in [1.54, 1.807) is 6.92 Å². The topological polar surface area (TPSA) is 142 Å². The molecule has 2 amide bonds. The summed E-state index contributed by atoms with van der Waals surface area (Å²) in [4.78, 5) is 50.3. The third kappa shape index (κ3) is 4.34. The normalized spacial score (nSPS) is 24.5. The summed E-state index contributed by atoms with van der Waals surface area (Å²) >= 11 is 5.92. The van der Waals surface area contributed by atoms with E-state index in [-0.39, 0.29) is 35.0 Å². The third-order valence-corrected chi connectivity index (χ3v) is 6.14. The first-order valence-electron chi connectivity index (χ1n) is 10.6. The summed E-state index contributed by atoms with van der Waals surface area (Å²) in [7, 11) is 0. The van der Waals surface area contributed by atoms with Gasteiger partial charge in [0, 0.05) is 18.4 Å². The van der Waals surface area contributed by atoms with Crippen molar-refractivity contribution in [3.8, 4) is 0 Å². The van der Waals surface area contributed by atoms with Crippen LogP contribution in [0.25, 0.3) is 0 Å². The number of ether oxygens (including phenoxy) is 2. The van der Waals surface area contributed by atoms with E-state index in [4.69, 9.17) is 26.8 Å². The predicted molar refractivity (Wildman–Crippen MR) is 120 cm³/mol. The number of amides is 2. The molecule has 1 aromatic heterocycles. The monoisotopic (exact) mass is 510 g/mol. The van der Waals surface area contributed by atoms with Crippen LogP contribution >= 0.6 is 11.6 Å². The maximum atomic E-state index is 14.6. The maximum Gasteiger partial charge on any atom is 0.310 e. The number of esters is 1. The molecule has 13 heteroatoms. The highest BCUT2D eigenvalue weighted by Crippen LogP contribution is 2.58. The Morgan fingerprint density at radius 2 is 2.03 bits per heavy atom. The second-order valence-corrected chi connectivity index (χ2v) is 8.53. The molecule has 1 aliphatic carbocycles. The number of nitrogens with two attached hydrogens (primary N) is 1. The van der Waals surface area contributed by atoms with E-state index in [0.29, 0.717) is 4.57 Å². The van der Waals surface area contributed by atoms with Crippen LogP contribution in [0.4, 0.5) is 20.2 Å². The first-order chi connectivity index (χ1) is 16.5. The summed E-state index contributed by atoms with van der Waals surface area (Å²) in [6.45, 7) is 1.80. The number of nitrogens with one attached hydrogen (secondary N) is 2. The predicted octanol–water partition coefficient (Wildman–Crippen LogP) is 1.86. The summed E-state index contributed by atoms with van der Waals surface area (Å²) in [5.41, 5.74) is 2.06. The van der Waals surface area contributed by atoms with E-state index in [1.807, 2.05) is 0 Å². The number of nitrogens with zero attached hydrogens (tertiary/aromatic N) is 1. The molecule has 1 aromatic carbocycles. The fourth-order valence-electron chi connectivity index (χ4n) is 3.90. The van der Waals surface area contributed by atoms with Gasteiger partial charge in [-0.3, -0.25) is 23.7 Å². The Bertz CT molecular complexity index is 1270. The van der Waals surface area contributed by atoms with Crippen molar-refractivity contribution < 1.29 is 32.6 Å². The van der Waals surface area contributed by atoms with E-state index in [1.165, 1.54) is 30.3 Å². The minimum atomic E-state index is -3.56. The average Bonchev–Trinajstić information content (AvgIpc) is 3.22. The van der Waals surface area contributed by atoms with E-state index < -0.39 is 53.6 Å². The van der Waals surface area contributed by atoms with Gasteiger partial charge in [0.1, 0.15) is 11.7 Å². The quantitative estimate of drug-likeness (QED) is 0.381. The lowest BCUT2D eigenvalue weighted by Crippen LogP contribution is -2.52. The fraction of sp³-hybridized carbons (Fsp3) is 0.364. The molecule has 35 heavy (non-hydrogen) atoms. The van der Waals surface area contributed by atoms with Gasteiger partial charge in [-0.25, -0.2) is 8.78 Å². The number of hydrogen-bond donors (Lipinski definition) is 3. The lowest BCUT2D eigenvalue weighted by molar-refractivity contribution is -0.165. The molecule has 3 atom stereocenters. The Morgan fingerprint density at radius 3 is 2.66 bits per heavy atom.